The molecule has 160 valence electrons. The number of benzene rings is 2. The van der Waals surface area contributed by atoms with Crippen LogP contribution in [0, 0.1) is 0 Å². The largest absolute Gasteiger partial charge is 0.454 e. The van der Waals surface area contributed by atoms with E-state index in [1.165, 1.54) is 0 Å². The van der Waals surface area contributed by atoms with Gasteiger partial charge in [-0.15, -0.1) is 0 Å². The summed E-state index contributed by atoms with van der Waals surface area (Å²) in [6, 6.07) is 14.3. The Labute approximate surface area is 179 Å². The average Bonchev–Trinajstić information content (AvgIpc) is 3.21. The van der Waals surface area contributed by atoms with Crippen LogP contribution in [0.15, 0.2) is 59.8 Å². The summed E-state index contributed by atoms with van der Waals surface area (Å²) in [5.41, 5.74) is 0.0763. The molecule has 0 saturated carbocycles. The van der Waals surface area contributed by atoms with Crippen LogP contribution in [0.5, 0.6) is 11.5 Å². The minimum absolute atomic E-state index is 0.107. The highest BCUT2D eigenvalue weighted by Gasteiger charge is 2.34. The molecule has 1 aliphatic rings. The molecule has 31 heavy (non-hydrogen) atoms. The number of anilines is 1. The van der Waals surface area contributed by atoms with E-state index in [9.17, 15) is 18.0 Å². The molecule has 0 bridgehead atoms. The second kappa shape index (κ2) is 8.46. The number of nitrogens with zero attached hydrogens (tertiary/aromatic N) is 2. The van der Waals surface area contributed by atoms with Gasteiger partial charge in [-0.2, -0.15) is 13.2 Å². The Morgan fingerprint density at radius 3 is 2.55 bits per heavy atom. The zero-order chi connectivity index (χ0) is 22.0. The Morgan fingerprint density at radius 2 is 1.81 bits per heavy atom. The maximum atomic E-state index is 13.4. The van der Waals surface area contributed by atoms with Crippen LogP contribution in [-0.4, -0.2) is 27.9 Å². The first kappa shape index (κ1) is 21.0. The Hall–Kier alpha value is -3.27. The molecule has 0 spiro atoms. The molecule has 0 unspecified atom stereocenters. The number of carbonyl (C=O) groups is 1. The summed E-state index contributed by atoms with van der Waals surface area (Å²) in [6.07, 6.45) is -4.64. The molecular weight excluding hydrogens is 431 g/mol. The van der Waals surface area contributed by atoms with Crippen molar-refractivity contribution in [3.63, 3.8) is 0 Å². The second-order valence-corrected chi connectivity index (χ2v) is 7.91. The van der Waals surface area contributed by atoms with Gasteiger partial charge in [0, 0.05) is 17.3 Å². The number of thioether (sulfide) groups is 1. The van der Waals surface area contributed by atoms with E-state index in [1.807, 2.05) is 0 Å². The van der Waals surface area contributed by atoms with Crippen LogP contribution < -0.4 is 14.8 Å². The molecule has 1 aromatic heterocycles. The minimum Gasteiger partial charge on any atom is -0.454 e. The van der Waals surface area contributed by atoms with Gasteiger partial charge in [0.1, 0.15) is 5.69 Å². The highest BCUT2D eigenvalue weighted by Crippen LogP contribution is 2.35. The number of alkyl halides is 3. The van der Waals surface area contributed by atoms with Gasteiger partial charge in [-0.3, -0.25) is 4.79 Å². The molecule has 0 radical (unpaired) electrons. The molecule has 0 fully saturated rings. The van der Waals surface area contributed by atoms with Crippen LogP contribution in [0.4, 0.5) is 18.9 Å². The van der Waals surface area contributed by atoms with Gasteiger partial charge in [0.2, 0.25) is 12.7 Å². The molecule has 2 heterocycles. The molecule has 1 aliphatic heterocycles. The fraction of sp³-hybridized carbons (Fsp3) is 0.190. The van der Waals surface area contributed by atoms with Crippen molar-refractivity contribution in [1.82, 2.24) is 9.97 Å². The lowest BCUT2D eigenvalue weighted by Gasteiger charge is -2.14. The maximum Gasteiger partial charge on any atom is 0.433 e. The van der Waals surface area contributed by atoms with Gasteiger partial charge < -0.3 is 14.8 Å². The maximum absolute atomic E-state index is 13.4. The normalized spacial score (nSPS) is 13.7. The van der Waals surface area contributed by atoms with E-state index < -0.39 is 23.0 Å². The predicted octanol–water partition coefficient (Wildman–Crippen LogP) is 5.01. The number of amides is 1. The third-order valence-electron chi connectivity index (χ3n) is 4.36. The summed E-state index contributed by atoms with van der Waals surface area (Å²) in [5.74, 6) is 0.671. The second-order valence-electron chi connectivity index (χ2n) is 6.60. The van der Waals surface area contributed by atoms with Crippen molar-refractivity contribution in [2.45, 2.75) is 23.5 Å². The van der Waals surface area contributed by atoms with Crippen LogP contribution in [0.3, 0.4) is 0 Å². The van der Waals surface area contributed by atoms with Crippen LogP contribution in [-0.2, 0) is 11.0 Å². The van der Waals surface area contributed by atoms with E-state index >= 15 is 0 Å². The van der Waals surface area contributed by atoms with E-state index in [0.717, 1.165) is 17.8 Å². The number of rotatable bonds is 5. The van der Waals surface area contributed by atoms with Crippen molar-refractivity contribution >= 4 is 23.4 Å². The molecular formula is C21H16F3N3O3S. The summed E-state index contributed by atoms with van der Waals surface area (Å²) in [4.78, 5) is 20.4. The van der Waals surface area contributed by atoms with Crippen molar-refractivity contribution in [3.05, 3.63) is 60.3 Å². The van der Waals surface area contributed by atoms with Gasteiger partial charge in [-0.25, -0.2) is 9.97 Å². The number of halogens is 3. The third-order valence-corrected chi connectivity index (χ3v) is 5.32. The number of hydrogen-bond acceptors (Lipinski definition) is 6. The Bertz CT molecular complexity index is 1110. The number of nitrogens with one attached hydrogen (secondary N) is 1. The van der Waals surface area contributed by atoms with E-state index in [0.29, 0.717) is 22.7 Å². The lowest BCUT2D eigenvalue weighted by molar-refractivity contribution is -0.141. The van der Waals surface area contributed by atoms with Crippen LogP contribution >= 0.6 is 11.8 Å². The van der Waals surface area contributed by atoms with Crippen LogP contribution in [0.1, 0.15) is 12.6 Å². The number of aromatic nitrogens is 2. The number of carbonyl (C=O) groups excluding carboxylic acids is 1. The minimum atomic E-state index is -4.64. The number of ether oxygens (including phenoxy) is 2. The zero-order valence-corrected chi connectivity index (χ0v) is 17.0. The van der Waals surface area contributed by atoms with E-state index in [2.05, 4.69) is 15.3 Å². The van der Waals surface area contributed by atoms with Crippen molar-refractivity contribution in [2.24, 2.45) is 0 Å². The topological polar surface area (TPSA) is 73.3 Å². The Morgan fingerprint density at radius 1 is 1.06 bits per heavy atom. The lowest BCUT2D eigenvalue weighted by atomic mass is 10.1. The number of fused-ring (bicyclic) bond motifs is 1. The molecule has 0 saturated heterocycles. The first-order valence-corrected chi connectivity index (χ1v) is 10.1. The summed E-state index contributed by atoms with van der Waals surface area (Å²) in [6.45, 7) is 1.68. The summed E-state index contributed by atoms with van der Waals surface area (Å²) in [5, 5.41) is 1.82. The van der Waals surface area contributed by atoms with E-state index in [4.69, 9.17) is 9.47 Å². The first-order chi connectivity index (χ1) is 14.8. The van der Waals surface area contributed by atoms with Gasteiger partial charge in [0.25, 0.3) is 0 Å². The van der Waals surface area contributed by atoms with E-state index in [1.54, 1.807) is 55.5 Å². The van der Waals surface area contributed by atoms with Crippen molar-refractivity contribution in [2.75, 3.05) is 12.1 Å². The molecule has 3 aromatic rings. The quantitative estimate of drug-likeness (QED) is 0.438. The highest BCUT2D eigenvalue weighted by molar-refractivity contribution is 8.00. The summed E-state index contributed by atoms with van der Waals surface area (Å²) >= 11 is 0.845. The molecule has 1 atom stereocenters. The number of hydrogen-bond donors (Lipinski definition) is 1. The van der Waals surface area contributed by atoms with Gasteiger partial charge >= 0.3 is 6.18 Å². The molecule has 6 nitrogen and oxygen atoms in total. The first-order valence-electron chi connectivity index (χ1n) is 9.18. The smallest absolute Gasteiger partial charge is 0.433 e. The van der Waals surface area contributed by atoms with Crippen LogP contribution in [0.25, 0.3) is 11.3 Å². The van der Waals surface area contributed by atoms with Gasteiger partial charge in [-0.05, 0) is 25.1 Å². The SMILES string of the molecule is C[C@@H](Sc1nc(-c2ccccc2)cc(C(F)(F)F)n1)C(=O)Nc1ccc2c(c1)OCO2. The Balaban J connectivity index is 1.54. The molecule has 10 heteroatoms. The molecule has 2 aromatic carbocycles. The Kier molecular flexibility index (Phi) is 5.73. The van der Waals surface area contributed by atoms with Crippen LogP contribution in [0.2, 0.25) is 0 Å². The lowest BCUT2D eigenvalue weighted by Crippen LogP contribution is -2.23. The van der Waals surface area contributed by atoms with Crippen molar-refractivity contribution in [3.8, 4) is 22.8 Å². The van der Waals surface area contributed by atoms with Gasteiger partial charge in [0.15, 0.2) is 16.7 Å². The summed E-state index contributed by atoms with van der Waals surface area (Å²) in [7, 11) is 0. The van der Waals surface area contributed by atoms with Crippen molar-refractivity contribution in [1.29, 1.82) is 0 Å². The summed E-state index contributed by atoms with van der Waals surface area (Å²) < 4.78 is 50.6. The highest BCUT2D eigenvalue weighted by atomic mass is 32.2. The molecule has 4 rings (SSSR count). The average molecular weight is 447 g/mol. The molecule has 1 amide bonds. The van der Waals surface area contributed by atoms with E-state index in [-0.39, 0.29) is 17.6 Å². The molecule has 0 aliphatic carbocycles. The fourth-order valence-corrected chi connectivity index (χ4v) is 3.59. The monoisotopic (exact) mass is 447 g/mol. The standard InChI is InChI=1S/C21H16F3N3O3S/c1-12(19(28)25-14-7-8-16-17(9-14)30-11-29-16)31-20-26-15(13-5-3-2-4-6-13)10-18(27-20)21(22,23)24/h2-10,12H,11H2,1H3,(H,25,28)/t12-/m1/s1. The van der Waals surface area contributed by atoms with Gasteiger partial charge in [0.05, 0.1) is 10.9 Å². The van der Waals surface area contributed by atoms with Gasteiger partial charge in [-0.1, -0.05) is 42.1 Å². The predicted molar refractivity (Wildman–Crippen MR) is 109 cm³/mol. The zero-order valence-electron chi connectivity index (χ0n) is 16.1. The third kappa shape index (κ3) is 4.91. The van der Waals surface area contributed by atoms with Crippen molar-refractivity contribution < 1.29 is 27.4 Å². The fourth-order valence-electron chi connectivity index (χ4n) is 2.81. The molecule has 1 N–H and O–H groups in total.